The van der Waals surface area contributed by atoms with Gasteiger partial charge in [0.15, 0.2) is 12.0 Å². The second-order valence-corrected chi connectivity index (χ2v) is 4.66. The average molecular weight is 282 g/mol. The van der Waals surface area contributed by atoms with Crippen LogP contribution in [0.1, 0.15) is 32.4 Å². The maximum Gasteiger partial charge on any atom is 0.351 e. The van der Waals surface area contributed by atoms with Crippen molar-refractivity contribution in [1.82, 2.24) is 9.55 Å². The molecular formula is C11H15FN6O2. The van der Waals surface area contributed by atoms with Crippen molar-refractivity contribution in [3.05, 3.63) is 33.2 Å². The van der Waals surface area contributed by atoms with Gasteiger partial charge in [-0.2, -0.15) is 4.98 Å². The van der Waals surface area contributed by atoms with Crippen molar-refractivity contribution >= 4 is 5.82 Å². The van der Waals surface area contributed by atoms with Crippen molar-refractivity contribution in [1.29, 1.82) is 0 Å². The number of aromatic nitrogens is 2. The van der Waals surface area contributed by atoms with E-state index in [0.29, 0.717) is 12.8 Å². The molecule has 1 fully saturated rings. The van der Waals surface area contributed by atoms with Crippen LogP contribution >= 0.6 is 0 Å². The molecule has 9 heteroatoms. The molecule has 0 aromatic carbocycles. The number of hydrogen-bond donors (Lipinski definition) is 1. The number of alkyl halides is 1. The molecule has 1 aromatic heterocycles. The van der Waals surface area contributed by atoms with Crippen molar-refractivity contribution in [3.8, 4) is 0 Å². The molecule has 20 heavy (non-hydrogen) atoms. The molecule has 2 rings (SSSR count). The maximum absolute atomic E-state index is 14.2. The second-order valence-electron chi connectivity index (χ2n) is 4.66. The van der Waals surface area contributed by atoms with Gasteiger partial charge < -0.3 is 10.5 Å². The van der Waals surface area contributed by atoms with E-state index in [2.05, 4.69) is 15.0 Å². The molecule has 1 aromatic rings. The molecule has 1 aliphatic heterocycles. The zero-order chi connectivity index (χ0) is 14.8. The van der Waals surface area contributed by atoms with Gasteiger partial charge in [-0.15, -0.1) is 0 Å². The smallest absolute Gasteiger partial charge is 0.351 e. The second kappa shape index (κ2) is 5.48. The van der Waals surface area contributed by atoms with Gasteiger partial charge in [-0.25, -0.2) is 9.18 Å². The SMILES string of the molecule is CCC[C@]1(N=[N+]=[N-])CC(F)[C@H](n2ccc(N)nc2=O)O1. The van der Waals surface area contributed by atoms with Crippen LogP contribution in [-0.2, 0) is 4.74 Å². The summed E-state index contributed by atoms with van der Waals surface area (Å²) in [5, 5.41) is 3.58. The van der Waals surface area contributed by atoms with Gasteiger partial charge in [0, 0.05) is 17.5 Å². The Balaban J connectivity index is 2.35. The molecule has 8 nitrogen and oxygen atoms in total. The Labute approximate surface area is 114 Å². The monoisotopic (exact) mass is 282 g/mol. The Morgan fingerprint density at radius 3 is 3.15 bits per heavy atom. The highest BCUT2D eigenvalue weighted by Crippen LogP contribution is 2.41. The minimum Gasteiger partial charge on any atom is -0.383 e. The van der Waals surface area contributed by atoms with Gasteiger partial charge in [0.25, 0.3) is 0 Å². The van der Waals surface area contributed by atoms with Gasteiger partial charge in [0.2, 0.25) is 0 Å². The van der Waals surface area contributed by atoms with Gasteiger partial charge in [-0.1, -0.05) is 18.5 Å². The van der Waals surface area contributed by atoms with E-state index in [1.807, 2.05) is 6.92 Å². The molecule has 3 atom stereocenters. The molecule has 0 radical (unpaired) electrons. The van der Waals surface area contributed by atoms with Crippen LogP contribution in [0.5, 0.6) is 0 Å². The molecule has 0 bridgehead atoms. The highest BCUT2D eigenvalue weighted by Gasteiger charge is 2.47. The average Bonchev–Trinajstić information content (AvgIpc) is 2.67. The number of rotatable bonds is 4. The van der Waals surface area contributed by atoms with Crippen molar-refractivity contribution < 1.29 is 9.13 Å². The maximum atomic E-state index is 14.2. The van der Waals surface area contributed by atoms with Crippen LogP contribution in [0.15, 0.2) is 22.2 Å². The number of ether oxygens (including phenoxy) is 1. The summed E-state index contributed by atoms with van der Waals surface area (Å²) < 4.78 is 20.7. The van der Waals surface area contributed by atoms with Crippen LogP contribution in [0.2, 0.25) is 0 Å². The lowest BCUT2D eigenvalue weighted by Crippen LogP contribution is -2.31. The van der Waals surface area contributed by atoms with Crippen LogP contribution in [0.4, 0.5) is 10.2 Å². The van der Waals surface area contributed by atoms with Crippen LogP contribution in [0, 0.1) is 0 Å². The van der Waals surface area contributed by atoms with Crippen molar-refractivity contribution in [3.63, 3.8) is 0 Å². The first kappa shape index (κ1) is 14.3. The van der Waals surface area contributed by atoms with E-state index >= 15 is 0 Å². The summed E-state index contributed by atoms with van der Waals surface area (Å²) in [5.41, 5.74) is 12.0. The number of nitrogens with two attached hydrogens (primary N) is 1. The Morgan fingerprint density at radius 2 is 2.55 bits per heavy atom. The zero-order valence-electron chi connectivity index (χ0n) is 10.9. The van der Waals surface area contributed by atoms with E-state index in [1.54, 1.807) is 0 Å². The molecule has 0 aliphatic carbocycles. The van der Waals surface area contributed by atoms with Crippen molar-refractivity contribution in [2.75, 3.05) is 5.73 Å². The molecule has 1 saturated heterocycles. The van der Waals surface area contributed by atoms with E-state index < -0.39 is 23.8 Å². The van der Waals surface area contributed by atoms with Crippen LogP contribution < -0.4 is 11.4 Å². The molecule has 0 spiro atoms. The van der Waals surface area contributed by atoms with E-state index in [9.17, 15) is 9.18 Å². The number of nitrogens with zero attached hydrogens (tertiary/aromatic N) is 5. The number of azide groups is 1. The predicted molar refractivity (Wildman–Crippen MR) is 69.3 cm³/mol. The standard InChI is InChI=1S/C11H15FN6O2/c1-2-4-11(16-17-14)6-7(12)9(20-11)18-5-3-8(13)15-10(18)19/h3,5,7,9H,2,4,6H2,1H3,(H2,13,15,19)/t7?,9-,11-/m1/s1. The number of halogens is 1. The van der Waals surface area contributed by atoms with E-state index in [4.69, 9.17) is 16.0 Å². The first-order chi connectivity index (χ1) is 9.51. The highest BCUT2D eigenvalue weighted by atomic mass is 19.1. The number of nitrogen functional groups attached to an aromatic ring is 1. The van der Waals surface area contributed by atoms with Crippen molar-refractivity contribution in [2.45, 2.75) is 44.3 Å². The fourth-order valence-electron chi connectivity index (χ4n) is 2.35. The van der Waals surface area contributed by atoms with Gasteiger partial charge >= 0.3 is 5.69 Å². The molecule has 1 aliphatic rings. The lowest BCUT2D eigenvalue weighted by Gasteiger charge is -2.23. The first-order valence-corrected chi connectivity index (χ1v) is 6.24. The molecule has 1 unspecified atom stereocenters. The summed E-state index contributed by atoms with van der Waals surface area (Å²) >= 11 is 0. The molecule has 108 valence electrons. The molecule has 2 heterocycles. The predicted octanol–water partition coefficient (Wildman–Crippen LogP) is 1.89. The summed E-state index contributed by atoms with van der Waals surface area (Å²) in [4.78, 5) is 18.0. The molecule has 0 amide bonds. The van der Waals surface area contributed by atoms with Gasteiger partial charge in [0.05, 0.1) is 0 Å². The lowest BCUT2D eigenvalue weighted by atomic mass is 10.0. The largest absolute Gasteiger partial charge is 0.383 e. The summed E-state index contributed by atoms with van der Waals surface area (Å²) in [6, 6.07) is 1.38. The van der Waals surface area contributed by atoms with Crippen LogP contribution in [-0.4, -0.2) is 21.4 Å². The summed E-state index contributed by atoms with van der Waals surface area (Å²) in [6.45, 7) is 1.87. The number of anilines is 1. The minimum absolute atomic E-state index is 0.0505. The van der Waals surface area contributed by atoms with Gasteiger partial charge in [0.1, 0.15) is 12.0 Å². The van der Waals surface area contributed by atoms with Crippen molar-refractivity contribution in [2.24, 2.45) is 5.11 Å². The van der Waals surface area contributed by atoms with Gasteiger partial charge in [-0.05, 0) is 18.0 Å². The fourth-order valence-corrected chi connectivity index (χ4v) is 2.35. The Bertz CT molecular complexity index is 599. The Morgan fingerprint density at radius 1 is 1.80 bits per heavy atom. The first-order valence-electron chi connectivity index (χ1n) is 6.24. The van der Waals surface area contributed by atoms with E-state index in [-0.39, 0.29) is 12.2 Å². The van der Waals surface area contributed by atoms with Crippen LogP contribution in [0.3, 0.4) is 0 Å². The molecular weight excluding hydrogens is 267 g/mol. The third-order valence-corrected chi connectivity index (χ3v) is 3.16. The Hall–Kier alpha value is -2.12. The van der Waals surface area contributed by atoms with E-state index in [0.717, 1.165) is 4.57 Å². The quantitative estimate of drug-likeness (QED) is 0.515. The Kier molecular flexibility index (Phi) is 3.91. The number of hydrogen-bond acceptors (Lipinski definition) is 5. The summed E-state index contributed by atoms with van der Waals surface area (Å²) in [6.07, 6.45) is -0.354. The summed E-state index contributed by atoms with van der Waals surface area (Å²) in [5.74, 6) is 0.0505. The third kappa shape index (κ3) is 2.59. The lowest BCUT2D eigenvalue weighted by molar-refractivity contribution is -0.0833. The van der Waals surface area contributed by atoms with Gasteiger partial charge in [-0.3, -0.25) is 4.57 Å². The highest BCUT2D eigenvalue weighted by molar-refractivity contribution is 5.23. The molecule has 2 N–H and O–H groups in total. The van der Waals surface area contributed by atoms with Crippen LogP contribution in [0.25, 0.3) is 10.4 Å². The third-order valence-electron chi connectivity index (χ3n) is 3.16. The van der Waals surface area contributed by atoms with E-state index in [1.165, 1.54) is 12.3 Å². The summed E-state index contributed by atoms with van der Waals surface area (Å²) in [7, 11) is 0. The minimum atomic E-state index is -1.46. The fraction of sp³-hybridized carbons (Fsp3) is 0.636. The zero-order valence-corrected chi connectivity index (χ0v) is 10.9. The molecule has 0 saturated carbocycles. The topological polar surface area (TPSA) is 119 Å². The normalized spacial score (nSPS) is 29.1.